The molecule has 3 rings (SSSR count). The van der Waals surface area contributed by atoms with Gasteiger partial charge in [0, 0.05) is 19.3 Å². The smallest absolute Gasteiger partial charge is 0.246 e. The lowest BCUT2D eigenvalue weighted by atomic mass is 10.2. The summed E-state index contributed by atoms with van der Waals surface area (Å²) in [5.74, 6) is 1.39. The predicted octanol–water partition coefficient (Wildman–Crippen LogP) is 1.17. The van der Waals surface area contributed by atoms with Crippen LogP contribution in [0.1, 0.15) is 11.1 Å². The molecular formula is C17H21N5O2. The minimum atomic E-state index is 0.00853. The first-order valence-corrected chi connectivity index (χ1v) is 7.87. The number of benzene rings is 1. The van der Waals surface area contributed by atoms with Gasteiger partial charge in [0.25, 0.3) is 0 Å². The number of nitrogens with one attached hydrogen (secondary N) is 1. The van der Waals surface area contributed by atoms with Crippen LogP contribution in [-0.2, 0) is 11.3 Å². The summed E-state index contributed by atoms with van der Waals surface area (Å²) in [7, 11) is 1.85. The number of fused-ring (bicyclic) bond motifs is 1. The van der Waals surface area contributed by atoms with E-state index < -0.39 is 0 Å². The summed E-state index contributed by atoms with van der Waals surface area (Å²) in [5, 5.41) is 12.2. The molecule has 1 amide bonds. The quantitative estimate of drug-likeness (QED) is 0.877. The van der Waals surface area contributed by atoms with Gasteiger partial charge in [0.05, 0.1) is 25.3 Å². The first-order chi connectivity index (χ1) is 11.6. The van der Waals surface area contributed by atoms with Crippen LogP contribution in [0.3, 0.4) is 0 Å². The lowest BCUT2D eigenvalue weighted by Crippen LogP contribution is -2.35. The summed E-state index contributed by atoms with van der Waals surface area (Å²) >= 11 is 0. The van der Waals surface area contributed by atoms with Crippen LogP contribution in [0.25, 0.3) is 0 Å². The highest BCUT2D eigenvalue weighted by Crippen LogP contribution is 2.30. The Bertz CT molecular complexity index is 750. The van der Waals surface area contributed by atoms with Crippen molar-refractivity contribution in [1.29, 1.82) is 0 Å². The molecule has 24 heavy (non-hydrogen) atoms. The van der Waals surface area contributed by atoms with E-state index in [9.17, 15) is 4.79 Å². The van der Waals surface area contributed by atoms with Gasteiger partial charge in [0.15, 0.2) is 0 Å². The average molecular weight is 327 g/mol. The molecule has 0 spiro atoms. The van der Waals surface area contributed by atoms with Crippen molar-refractivity contribution >= 4 is 23.2 Å². The lowest BCUT2D eigenvalue weighted by molar-refractivity contribution is -0.117. The number of anilines is 3. The molecule has 0 fully saturated rings. The van der Waals surface area contributed by atoms with Gasteiger partial charge in [0.1, 0.15) is 18.0 Å². The third-order valence-electron chi connectivity index (χ3n) is 3.99. The van der Waals surface area contributed by atoms with E-state index in [1.807, 2.05) is 43.1 Å². The van der Waals surface area contributed by atoms with E-state index in [0.29, 0.717) is 18.9 Å². The van der Waals surface area contributed by atoms with Gasteiger partial charge < -0.3 is 20.2 Å². The maximum absolute atomic E-state index is 12.7. The molecule has 7 heteroatoms. The van der Waals surface area contributed by atoms with Crippen LogP contribution in [0.4, 0.5) is 17.3 Å². The lowest BCUT2D eigenvalue weighted by Gasteiger charge is -2.22. The van der Waals surface area contributed by atoms with Gasteiger partial charge in [-0.25, -0.2) is 9.97 Å². The summed E-state index contributed by atoms with van der Waals surface area (Å²) < 4.78 is 0. The van der Waals surface area contributed by atoms with Gasteiger partial charge in [-0.3, -0.25) is 4.79 Å². The largest absolute Gasteiger partial charge is 0.395 e. The Morgan fingerprint density at radius 1 is 1.29 bits per heavy atom. The zero-order valence-corrected chi connectivity index (χ0v) is 13.9. The van der Waals surface area contributed by atoms with E-state index >= 15 is 0 Å². The topological polar surface area (TPSA) is 81.6 Å². The molecule has 1 aromatic carbocycles. The average Bonchev–Trinajstić information content (AvgIpc) is 2.70. The first kappa shape index (κ1) is 16.2. The second-order valence-electron chi connectivity index (χ2n) is 5.85. The second kappa shape index (κ2) is 6.84. The van der Waals surface area contributed by atoms with Crippen LogP contribution in [0.15, 0.2) is 30.6 Å². The molecule has 0 saturated heterocycles. The molecule has 1 aliphatic rings. The summed E-state index contributed by atoms with van der Waals surface area (Å²) in [5.41, 5.74) is 2.81. The molecular weight excluding hydrogens is 306 g/mol. The van der Waals surface area contributed by atoms with Crippen LogP contribution >= 0.6 is 0 Å². The van der Waals surface area contributed by atoms with E-state index in [4.69, 9.17) is 5.11 Å². The number of carbonyl (C=O) groups is 1. The Balaban J connectivity index is 2.03. The maximum atomic E-state index is 12.7. The van der Waals surface area contributed by atoms with Gasteiger partial charge in [-0.2, -0.15) is 0 Å². The van der Waals surface area contributed by atoms with Crippen LogP contribution in [0, 0.1) is 6.92 Å². The monoisotopic (exact) mass is 327 g/mol. The molecule has 0 radical (unpaired) electrons. The van der Waals surface area contributed by atoms with Gasteiger partial charge in [-0.1, -0.05) is 12.1 Å². The second-order valence-corrected chi connectivity index (χ2v) is 5.85. The zero-order valence-electron chi connectivity index (χ0n) is 13.9. The van der Waals surface area contributed by atoms with Crippen molar-refractivity contribution in [2.24, 2.45) is 0 Å². The normalized spacial score (nSPS) is 14.4. The summed E-state index contributed by atoms with van der Waals surface area (Å²) in [4.78, 5) is 24.9. The van der Waals surface area contributed by atoms with Crippen LogP contribution in [-0.4, -0.2) is 47.7 Å². The third kappa shape index (κ3) is 3.16. The molecule has 0 saturated carbocycles. The number of hydrogen-bond donors (Lipinski definition) is 2. The van der Waals surface area contributed by atoms with E-state index in [0.717, 1.165) is 22.6 Å². The molecule has 7 nitrogen and oxygen atoms in total. The van der Waals surface area contributed by atoms with E-state index in [-0.39, 0.29) is 19.1 Å². The van der Waals surface area contributed by atoms with Crippen molar-refractivity contribution in [3.8, 4) is 0 Å². The van der Waals surface area contributed by atoms with Crippen molar-refractivity contribution in [3.63, 3.8) is 0 Å². The molecule has 2 aromatic rings. The van der Waals surface area contributed by atoms with Crippen molar-refractivity contribution in [2.75, 3.05) is 41.9 Å². The number of aliphatic hydroxyl groups excluding tert-OH is 1. The fourth-order valence-corrected chi connectivity index (χ4v) is 2.84. The van der Waals surface area contributed by atoms with Gasteiger partial charge in [0.2, 0.25) is 5.91 Å². The molecule has 0 unspecified atom stereocenters. The number of aryl methyl sites for hydroxylation is 1. The van der Waals surface area contributed by atoms with Gasteiger partial charge in [-0.05, 0) is 24.6 Å². The molecule has 1 aromatic heterocycles. The Kier molecular flexibility index (Phi) is 4.61. The summed E-state index contributed by atoms with van der Waals surface area (Å²) in [6.07, 6.45) is 1.47. The number of likely N-dealkylation sites (N-methyl/N-ethyl adjacent to an activating group) is 1. The molecule has 1 aliphatic heterocycles. The number of hydrogen-bond acceptors (Lipinski definition) is 6. The molecule has 2 heterocycles. The standard InChI is InChI=1S/C17H21N5O2/c1-12-4-3-5-13(8-12)22-9-14-16(18-6-7-23)19-11-20-17(14)21(2)10-15(22)24/h3-5,8,11,23H,6-7,9-10H2,1-2H3,(H,18,19,20). The zero-order chi connectivity index (χ0) is 17.1. The fourth-order valence-electron chi connectivity index (χ4n) is 2.84. The van der Waals surface area contributed by atoms with E-state index in [2.05, 4.69) is 15.3 Å². The Morgan fingerprint density at radius 3 is 2.88 bits per heavy atom. The number of aromatic nitrogens is 2. The summed E-state index contributed by atoms with van der Waals surface area (Å²) in [6.45, 7) is 3.04. The van der Waals surface area contributed by atoms with Crippen molar-refractivity contribution in [1.82, 2.24) is 9.97 Å². The van der Waals surface area contributed by atoms with Crippen molar-refractivity contribution in [2.45, 2.75) is 13.5 Å². The highest BCUT2D eigenvalue weighted by atomic mass is 16.3. The highest BCUT2D eigenvalue weighted by Gasteiger charge is 2.27. The molecule has 126 valence electrons. The SMILES string of the molecule is Cc1cccc(N2Cc3c(NCCO)ncnc3N(C)CC2=O)c1. The van der Waals surface area contributed by atoms with E-state index in [1.54, 1.807) is 4.90 Å². The van der Waals surface area contributed by atoms with Crippen LogP contribution in [0.2, 0.25) is 0 Å². The van der Waals surface area contributed by atoms with Crippen molar-refractivity contribution < 1.29 is 9.90 Å². The Morgan fingerprint density at radius 2 is 2.12 bits per heavy atom. The number of carbonyl (C=O) groups excluding carboxylic acids is 1. The maximum Gasteiger partial charge on any atom is 0.246 e. The summed E-state index contributed by atoms with van der Waals surface area (Å²) in [6, 6.07) is 7.87. The number of amides is 1. The van der Waals surface area contributed by atoms with Crippen LogP contribution in [0.5, 0.6) is 0 Å². The fraction of sp³-hybridized carbons (Fsp3) is 0.353. The molecule has 0 atom stereocenters. The minimum Gasteiger partial charge on any atom is -0.395 e. The third-order valence-corrected chi connectivity index (χ3v) is 3.99. The molecule has 2 N–H and O–H groups in total. The van der Waals surface area contributed by atoms with Gasteiger partial charge in [-0.15, -0.1) is 0 Å². The molecule has 0 aliphatic carbocycles. The number of aliphatic hydroxyl groups is 1. The van der Waals surface area contributed by atoms with Crippen molar-refractivity contribution in [3.05, 3.63) is 41.7 Å². The Labute approximate surface area is 141 Å². The van der Waals surface area contributed by atoms with Gasteiger partial charge >= 0.3 is 0 Å². The predicted molar refractivity (Wildman–Crippen MR) is 93.2 cm³/mol. The first-order valence-electron chi connectivity index (χ1n) is 7.87. The minimum absolute atomic E-state index is 0.00853. The number of rotatable bonds is 4. The Hall–Kier alpha value is -2.67. The highest BCUT2D eigenvalue weighted by molar-refractivity contribution is 5.97. The van der Waals surface area contributed by atoms with Crippen LogP contribution < -0.4 is 15.1 Å². The van der Waals surface area contributed by atoms with E-state index in [1.165, 1.54) is 6.33 Å². The number of nitrogens with zero attached hydrogens (tertiary/aromatic N) is 4. The molecule has 0 bridgehead atoms.